The molecule has 1 saturated heterocycles. The Bertz CT molecular complexity index is 305. The minimum absolute atomic E-state index is 0.0318. The average molecular weight is 255 g/mol. The molecule has 104 valence electrons. The lowest BCUT2D eigenvalue weighted by Crippen LogP contribution is -2.48. The van der Waals surface area contributed by atoms with Crippen molar-refractivity contribution in [1.29, 1.82) is 0 Å². The highest BCUT2D eigenvalue weighted by molar-refractivity contribution is 5.88. The quantitative estimate of drug-likeness (QED) is 0.776. The molecule has 0 spiro atoms. The Morgan fingerprint density at radius 3 is 2.67 bits per heavy atom. The number of hydrogen-bond donors (Lipinski definition) is 1. The monoisotopic (exact) mass is 255 g/mol. The Balaban J connectivity index is 2.53. The van der Waals surface area contributed by atoms with Gasteiger partial charge in [-0.2, -0.15) is 0 Å². The van der Waals surface area contributed by atoms with Crippen LogP contribution in [-0.2, 0) is 9.59 Å². The molecule has 0 aromatic carbocycles. The van der Waals surface area contributed by atoms with Gasteiger partial charge in [0.05, 0.1) is 6.54 Å². The van der Waals surface area contributed by atoms with Crippen LogP contribution in [0.2, 0.25) is 0 Å². The standard InChI is InChI=1S/C13H25N3O2/c1-5-10(2)14-9-12(17)16-8-6-7-11(16)13(18)15(3)4/h10-11,14H,5-9H2,1-4H3. The van der Waals surface area contributed by atoms with Crippen molar-refractivity contribution in [2.45, 2.75) is 45.2 Å². The maximum Gasteiger partial charge on any atom is 0.244 e. The number of nitrogens with one attached hydrogen (secondary N) is 1. The van der Waals surface area contributed by atoms with Gasteiger partial charge >= 0.3 is 0 Å². The highest BCUT2D eigenvalue weighted by atomic mass is 16.2. The number of hydrogen-bond acceptors (Lipinski definition) is 3. The predicted molar refractivity (Wildman–Crippen MR) is 71.2 cm³/mol. The molecule has 18 heavy (non-hydrogen) atoms. The summed E-state index contributed by atoms with van der Waals surface area (Å²) in [6.45, 7) is 5.16. The zero-order valence-corrected chi connectivity index (χ0v) is 11.9. The summed E-state index contributed by atoms with van der Waals surface area (Å²) in [4.78, 5) is 27.3. The Morgan fingerprint density at radius 1 is 1.44 bits per heavy atom. The van der Waals surface area contributed by atoms with Crippen LogP contribution in [0, 0.1) is 0 Å². The predicted octanol–water partition coefficient (Wildman–Crippen LogP) is 0.454. The second-order valence-corrected chi connectivity index (χ2v) is 5.17. The first kappa shape index (κ1) is 15.0. The summed E-state index contributed by atoms with van der Waals surface area (Å²) in [5.74, 6) is 0.0670. The number of carbonyl (C=O) groups is 2. The molecule has 2 unspecified atom stereocenters. The van der Waals surface area contributed by atoms with E-state index < -0.39 is 0 Å². The summed E-state index contributed by atoms with van der Waals surface area (Å²) in [5, 5.41) is 3.18. The van der Waals surface area contributed by atoms with E-state index in [2.05, 4.69) is 19.2 Å². The molecule has 2 atom stereocenters. The molecule has 0 radical (unpaired) electrons. The topological polar surface area (TPSA) is 52.7 Å². The smallest absolute Gasteiger partial charge is 0.244 e. The molecule has 0 saturated carbocycles. The molecule has 0 aromatic heterocycles. The van der Waals surface area contributed by atoms with Crippen LogP contribution in [0.1, 0.15) is 33.1 Å². The van der Waals surface area contributed by atoms with Gasteiger partial charge in [-0.3, -0.25) is 9.59 Å². The van der Waals surface area contributed by atoms with Crippen molar-refractivity contribution in [1.82, 2.24) is 15.1 Å². The summed E-state index contributed by atoms with van der Waals surface area (Å²) in [6.07, 6.45) is 2.69. The van der Waals surface area contributed by atoms with E-state index in [-0.39, 0.29) is 17.9 Å². The molecular weight excluding hydrogens is 230 g/mol. The van der Waals surface area contributed by atoms with Gasteiger partial charge in [0.25, 0.3) is 0 Å². The van der Waals surface area contributed by atoms with Crippen molar-refractivity contribution in [3.8, 4) is 0 Å². The van der Waals surface area contributed by atoms with Crippen LogP contribution in [0.5, 0.6) is 0 Å². The van der Waals surface area contributed by atoms with Crippen LogP contribution in [0.3, 0.4) is 0 Å². The molecule has 0 aliphatic carbocycles. The largest absolute Gasteiger partial charge is 0.347 e. The van der Waals surface area contributed by atoms with E-state index in [9.17, 15) is 9.59 Å². The molecule has 5 nitrogen and oxygen atoms in total. The number of carbonyl (C=O) groups excluding carboxylic acids is 2. The van der Waals surface area contributed by atoms with Crippen molar-refractivity contribution in [3.05, 3.63) is 0 Å². The third kappa shape index (κ3) is 3.70. The number of rotatable bonds is 5. The van der Waals surface area contributed by atoms with Crippen molar-refractivity contribution in [2.24, 2.45) is 0 Å². The molecule has 1 fully saturated rings. The highest BCUT2D eigenvalue weighted by Gasteiger charge is 2.34. The maximum atomic E-state index is 12.1. The van der Waals surface area contributed by atoms with Gasteiger partial charge in [0.2, 0.25) is 11.8 Å². The number of nitrogens with zero attached hydrogens (tertiary/aromatic N) is 2. The third-order valence-electron chi connectivity index (χ3n) is 3.51. The van der Waals surface area contributed by atoms with E-state index in [1.54, 1.807) is 23.9 Å². The molecule has 1 rings (SSSR count). The van der Waals surface area contributed by atoms with Gasteiger partial charge in [0.1, 0.15) is 6.04 Å². The lowest BCUT2D eigenvalue weighted by molar-refractivity contribution is -0.141. The summed E-state index contributed by atoms with van der Waals surface area (Å²) < 4.78 is 0. The van der Waals surface area contributed by atoms with Gasteiger partial charge in [-0.25, -0.2) is 0 Å². The summed E-state index contributed by atoms with van der Waals surface area (Å²) in [7, 11) is 3.47. The first-order valence-corrected chi connectivity index (χ1v) is 6.71. The summed E-state index contributed by atoms with van der Waals surface area (Å²) in [6, 6.07) is 0.0748. The Hall–Kier alpha value is -1.10. The zero-order chi connectivity index (χ0) is 13.7. The number of likely N-dealkylation sites (N-methyl/N-ethyl adjacent to an activating group) is 1. The maximum absolute atomic E-state index is 12.1. The molecular formula is C13H25N3O2. The number of likely N-dealkylation sites (tertiary alicyclic amines) is 1. The first-order chi connectivity index (χ1) is 8.47. The minimum atomic E-state index is -0.258. The molecule has 2 amide bonds. The van der Waals surface area contributed by atoms with Crippen LogP contribution in [0.15, 0.2) is 0 Å². The van der Waals surface area contributed by atoms with Gasteiger partial charge in [0, 0.05) is 26.7 Å². The molecule has 1 heterocycles. The summed E-state index contributed by atoms with van der Waals surface area (Å²) in [5.41, 5.74) is 0. The van der Waals surface area contributed by atoms with E-state index in [0.29, 0.717) is 19.1 Å². The molecule has 1 aliphatic heterocycles. The van der Waals surface area contributed by atoms with Crippen molar-refractivity contribution in [3.63, 3.8) is 0 Å². The van der Waals surface area contributed by atoms with E-state index in [1.807, 2.05) is 0 Å². The van der Waals surface area contributed by atoms with Crippen LogP contribution in [0.4, 0.5) is 0 Å². The van der Waals surface area contributed by atoms with Crippen molar-refractivity contribution in [2.75, 3.05) is 27.2 Å². The number of amides is 2. The van der Waals surface area contributed by atoms with Gasteiger partial charge in [-0.15, -0.1) is 0 Å². The van der Waals surface area contributed by atoms with E-state index in [1.165, 1.54) is 0 Å². The molecule has 0 aromatic rings. The summed E-state index contributed by atoms with van der Waals surface area (Å²) >= 11 is 0. The fraction of sp³-hybridized carbons (Fsp3) is 0.846. The average Bonchev–Trinajstić information content (AvgIpc) is 2.83. The minimum Gasteiger partial charge on any atom is -0.347 e. The molecule has 1 aliphatic rings. The normalized spacial score (nSPS) is 20.9. The SMILES string of the molecule is CCC(C)NCC(=O)N1CCCC1C(=O)N(C)C. The van der Waals surface area contributed by atoms with E-state index >= 15 is 0 Å². The second-order valence-electron chi connectivity index (χ2n) is 5.17. The van der Waals surface area contributed by atoms with Crippen LogP contribution in [-0.4, -0.2) is 60.9 Å². The van der Waals surface area contributed by atoms with Gasteiger partial charge in [0.15, 0.2) is 0 Å². The van der Waals surface area contributed by atoms with Gasteiger partial charge in [-0.1, -0.05) is 6.92 Å². The Morgan fingerprint density at radius 2 is 2.11 bits per heavy atom. The van der Waals surface area contributed by atoms with Crippen LogP contribution in [0.25, 0.3) is 0 Å². The zero-order valence-electron chi connectivity index (χ0n) is 11.9. The lowest BCUT2D eigenvalue weighted by Gasteiger charge is -2.26. The Kier molecular flexibility index (Phi) is 5.59. The van der Waals surface area contributed by atoms with E-state index in [0.717, 1.165) is 19.3 Å². The second kappa shape index (κ2) is 6.73. The lowest BCUT2D eigenvalue weighted by atomic mass is 10.2. The highest BCUT2D eigenvalue weighted by Crippen LogP contribution is 2.18. The third-order valence-corrected chi connectivity index (χ3v) is 3.51. The van der Waals surface area contributed by atoms with E-state index in [4.69, 9.17) is 0 Å². The van der Waals surface area contributed by atoms with Crippen LogP contribution < -0.4 is 5.32 Å². The fourth-order valence-electron chi connectivity index (χ4n) is 2.13. The van der Waals surface area contributed by atoms with Gasteiger partial charge < -0.3 is 15.1 Å². The van der Waals surface area contributed by atoms with Crippen molar-refractivity contribution >= 4 is 11.8 Å². The first-order valence-electron chi connectivity index (χ1n) is 6.71. The fourth-order valence-corrected chi connectivity index (χ4v) is 2.13. The molecule has 1 N–H and O–H groups in total. The van der Waals surface area contributed by atoms with Crippen LogP contribution >= 0.6 is 0 Å². The Labute approximate surface area is 110 Å². The molecule has 5 heteroatoms. The van der Waals surface area contributed by atoms with Gasteiger partial charge in [-0.05, 0) is 26.2 Å². The van der Waals surface area contributed by atoms with Crippen molar-refractivity contribution < 1.29 is 9.59 Å². The molecule has 0 bridgehead atoms.